The highest BCUT2D eigenvalue weighted by atomic mass is 16.1. The Morgan fingerprint density at radius 2 is 2.18 bits per heavy atom. The lowest BCUT2D eigenvalue weighted by Crippen LogP contribution is -2.36. The zero-order valence-electron chi connectivity index (χ0n) is 19.9. The van der Waals surface area contributed by atoms with Crippen molar-refractivity contribution in [3.8, 4) is 11.5 Å². The molecule has 7 heteroatoms. The van der Waals surface area contributed by atoms with Gasteiger partial charge in [0.25, 0.3) is 0 Å². The molecule has 0 aliphatic carbocycles. The summed E-state index contributed by atoms with van der Waals surface area (Å²) in [6, 6.07) is 6.16. The van der Waals surface area contributed by atoms with Gasteiger partial charge in [0, 0.05) is 24.8 Å². The molecular formula is C26H34N6O. The summed E-state index contributed by atoms with van der Waals surface area (Å²) in [6.07, 6.45) is 11.5. The van der Waals surface area contributed by atoms with Crippen LogP contribution in [-0.2, 0) is 4.79 Å². The second-order valence-electron chi connectivity index (χ2n) is 8.86. The zero-order valence-corrected chi connectivity index (χ0v) is 19.9. The molecule has 2 atom stereocenters. The van der Waals surface area contributed by atoms with Gasteiger partial charge in [-0.2, -0.15) is 0 Å². The summed E-state index contributed by atoms with van der Waals surface area (Å²) in [5, 5.41) is 3.63. The number of unbranched alkanes of at least 4 members (excludes halogenated alkanes) is 1. The Bertz CT molecular complexity index is 1140. The van der Waals surface area contributed by atoms with Crippen molar-refractivity contribution in [3.63, 3.8) is 0 Å². The number of fused-ring (bicyclic) bond motifs is 1. The second-order valence-corrected chi connectivity index (χ2v) is 8.86. The largest absolute Gasteiger partial charge is 0.367 e. The van der Waals surface area contributed by atoms with Gasteiger partial charge in [-0.25, -0.2) is 15.0 Å². The van der Waals surface area contributed by atoms with Crippen LogP contribution in [-0.4, -0.2) is 43.8 Å². The number of carbonyl (C=O) groups excluding carboxylic acids is 1. The number of imidazole rings is 1. The van der Waals surface area contributed by atoms with Gasteiger partial charge in [-0.05, 0) is 50.3 Å². The smallest absolute Gasteiger partial charge is 0.182 e. The average molecular weight is 447 g/mol. The summed E-state index contributed by atoms with van der Waals surface area (Å²) in [6.45, 7) is 11.0. The molecule has 4 heterocycles. The summed E-state index contributed by atoms with van der Waals surface area (Å²) in [5.41, 5.74) is 2.83. The van der Waals surface area contributed by atoms with E-state index < -0.39 is 0 Å². The standard InChI is InChI=1S/C26H34N6O/c1-5-8-10-19(6-2)28-23-15-25(31-14-9-11-20(31)22(33)7-3)30-26(29-23)21-16-27-24-13-12-18(4)17-32(21)24/h7,12-13,15-17,19-20H,3,5-6,8-11,14H2,1-2,4H3,(H,28,29,30)/t19-,20-/m0/s1. The monoisotopic (exact) mass is 446 g/mol. The average Bonchev–Trinajstić information content (AvgIpc) is 3.48. The van der Waals surface area contributed by atoms with E-state index in [0.717, 1.165) is 60.8 Å². The van der Waals surface area contributed by atoms with Crippen LogP contribution in [0.3, 0.4) is 0 Å². The predicted molar refractivity (Wildman–Crippen MR) is 134 cm³/mol. The van der Waals surface area contributed by atoms with Crippen molar-refractivity contribution >= 4 is 23.1 Å². The molecule has 1 aliphatic heterocycles. The third-order valence-corrected chi connectivity index (χ3v) is 6.42. The Kier molecular flexibility index (Phi) is 7.06. The number of nitrogens with one attached hydrogen (secondary N) is 1. The third kappa shape index (κ3) is 4.92. The number of ketones is 1. The quantitative estimate of drug-likeness (QED) is 0.431. The zero-order chi connectivity index (χ0) is 23.4. The topological polar surface area (TPSA) is 75.4 Å². The number of aromatic nitrogens is 4. The van der Waals surface area contributed by atoms with E-state index in [1.807, 2.05) is 28.8 Å². The molecule has 0 saturated carbocycles. The molecule has 0 bridgehead atoms. The molecule has 0 aromatic carbocycles. The van der Waals surface area contributed by atoms with E-state index in [1.54, 1.807) is 0 Å². The van der Waals surface area contributed by atoms with Crippen LogP contribution >= 0.6 is 0 Å². The van der Waals surface area contributed by atoms with Crippen LogP contribution in [0.2, 0.25) is 0 Å². The van der Waals surface area contributed by atoms with Crippen LogP contribution in [0.1, 0.15) is 57.9 Å². The minimum Gasteiger partial charge on any atom is -0.367 e. The molecule has 1 saturated heterocycles. The molecular weight excluding hydrogens is 412 g/mol. The highest BCUT2D eigenvalue weighted by molar-refractivity contribution is 5.96. The maximum Gasteiger partial charge on any atom is 0.182 e. The molecule has 1 aliphatic rings. The van der Waals surface area contributed by atoms with E-state index in [-0.39, 0.29) is 11.8 Å². The Balaban J connectivity index is 1.78. The van der Waals surface area contributed by atoms with Crippen LogP contribution in [0.25, 0.3) is 17.2 Å². The van der Waals surface area contributed by atoms with Crippen LogP contribution in [0.5, 0.6) is 0 Å². The first-order valence-corrected chi connectivity index (χ1v) is 12.1. The summed E-state index contributed by atoms with van der Waals surface area (Å²) in [4.78, 5) is 29.0. The van der Waals surface area contributed by atoms with Gasteiger partial charge in [-0.15, -0.1) is 0 Å². The van der Waals surface area contributed by atoms with Crippen LogP contribution < -0.4 is 10.2 Å². The molecule has 174 valence electrons. The molecule has 3 aromatic rings. The van der Waals surface area contributed by atoms with Crippen molar-refractivity contribution in [1.82, 2.24) is 19.4 Å². The summed E-state index contributed by atoms with van der Waals surface area (Å²) in [7, 11) is 0. The molecule has 4 rings (SSSR count). The van der Waals surface area contributed by atoms with E-state index >= 15 is 0 Å². The van der Waals surface area contributed by atoms with Crippen LogP contribution in [0.15, 0.2) is 43.2 Å². The number of hydrogen-bond donors (Lipinski definition) is 1. The summed E-state index contributed by atoms with van der Waals surface area (Å²) >= 11 is 0. The van der Waals surface area contributed by atoms with Crippen LogP contribution in [0.4, 0.5) is 11.6 Å². The second kappa shape index (κ2) is 10.1. The van der Waals surface area contributed by atoms with Gasteiger partial charge in [0.05, 0.1) is 12.2 Å². The first-order valence-electron chi connectivity index (χ1n) is 12.1. The fourth-order valence-electron chi connectivity index (χ4n) is 4.53. The van der Waals surface area contributed by atoms with Crippen molar-refractivity contribution in [2.45, 2.75) is 71.4 Å². The lowest BCUT2D eigenvalue weighted by molar-refractivity contribution is -0.115. The Hall–Kier alpha value is -3.22. The molecule has 0 radical (unpaired) electrons. The van der Waals surface area contributed by atoms with Gasteiger partial charge in [0.1, 0.15) is 23.0 Å². The Labute approximate surface area is 196 Å². The number of rotatable bonds is 10. The number of anilines is 2. The van der Waals surface area contributed by atoms with E-state index in [2.05, 4.69) is 48.7 Å². The molecule has 1 N–H and O–H groups in total. The summed E-state index contributed by atoms with van der Waals surface area (Å²) < 4.78 is 2.03. The maximum atomic E-state index is 12.5. The van der Waals surface area contributed by atoms with E-state index in [9.17, 15) is 4.79 Å². The lowest BCUT2D eigenvalue weighted by Gasteiger charge is -2.25. The number of pyridine rings is 1. The molecule has 3 aromatic heterocycles. The van der Waals surface area contributed by atoms with Crippen molar-refractivity contribution in [2.24, 2.45) is 0 Å². The van der Waals surface area contributed by atoms with Crippen molar-refractivity contribution in [3.05, 3.63) is 48.8 Å². The normalized spacial score (nSPS) is 16.8. The van der Waals surface area contributed by atoms with Crippen molar-refractivity contribution < 1.29 is 4.79 Å². The number of hydrogen-bond acceptors (Lipinski definition) is 6. The first-order chi connectivity index (χ1) is 16.0. The van der Waals surface area contributed by atoms with Crippen LogP contribution in [0, 0.1) is 6.92 Å². The van der Waals surface area contributed by atoms with Gasteiger partial charge in [0.15, 0.2) is 11.6 Å². The highest BCUT2D eigenvalue weighted by Gasteiger charge is 2.31. The molecule has 0 spiro atoms. The minimum atomic E-state index is -0.218. The number of carbonyl (C=O) groups is 1. The molecule has 0 unspecified atom stereocenters. The SMILES string of the molecule is C=CC(=O)[C@@H]1CCCN1c1cc(N[C@@H](CC)CCCC)nc(-c2cnc3ccc(C)cn23)n1. The Morgan fingerprint density at radius 1 is 1.33 bits per heavy atom. The number of nitrogens with zero attached hydrogens (tertiary/aromatic N) is 5. The van der Waals surface area contributed by atoms with Crippen molar-refractivity contribution in [2.75, 3.05) is 16.8 Å². The fraction of sp³-hybridized carbons (Fsp3) is 0.462. The lowest BCUT2D eigenvalue weighted by atomic mass is 10.1. The van der Waals surface area contributed by atoms with Crippen molar-refractivity contribution in [1.29, 1.82) is 0 Å². The first kappa shape index (κ1) is 23.0. The maximum absolute atomic E-state index is 12.5. The van der Waals surface area contributed by atoms with Gasteiger partial charge < -0.3 is 10.2 Å². The molecule has 33 heavy (non-hydrogen) atoms. The molecule has 7 nitrogen and oxygen atoms in total. The van der Waals surface area contributed by atoms with E-state index in [4.69, 9.17) is 9.97 Å². The van der Waals surface area contributed by atoms with Gasteiger partial charge in [0.2, 0.25) is 0 Å². The number of aryl methyl sites for hydroxylation is 1. The van der Waals surface area contributed by atoms with E-state index in [1.165, 1.54) is 18.9 Å². The third-order valence-electron chi connectivity index (χ3n) is 6.42. The predicted octanol–water partition coefficient (Wildman–Crippen LogP) is 5.20. The minimum absolute atomic E-state index is 0.0435. The molecule has 0 amide bonds. The molecule has 1 fully saturated rings. The van der Waals surface area contributed by atoms with Gasteiger partial charge >= 0.3 is 0 Å². The van der Waals surface area contributed by atoms with Gasteiger partial charge in [-0.1, -0.05) is 39.3 Å². The van der Waals surface area contributed by atoms with Gasteiger partial charge in [-0.3, -0.25) is 9.20 Å². The van der Waals surface area contributed by atoms with E-state index in [0.29, 0.717) is 11.9 Å². The Morgan fingerprint density at radius 3 is 2.94 bits per heavy atom. The highest BCUT2D eigenvalue weighted by Crippen LogP contribution is 2.30. The fourth-order valence-corrected chi connectivity index (χ4v) is 4.53. The summed E-state index contributed by atoms with van der Waals surface area (Å²) in [5.74, 6) is 2.21.